The fraction of sp³-hybridized carbons (Fsp3) is 0.833. The van der Waals surface area contributed by atoms with Crippen LogP contribution in [0.2, 0.25) is 0 Å². The molecule has 0 aromatic heterocycles. The predicted molar refractivity (Wildman–Crippen MR) is 61.2 cm³/mol. The van der Waals surface area contributed by atoms with Crippen LogP contribution in [0.3, 0.4) is 0 Å². The minimum atomic E-state index is -0.501. The molecule has 0 N–H and O–H groups in total. The van der Waals surface area contributed by atoms with Crippen LogP contribution in [0.25, 0.3) is 0 Å². The molecule has 0 saturated heterocycles. The highest BCUT2D eigenvalue weighted by Gasteiger charge is 2.18. The minimum absolute atomic E-state index is 0.0144. The van der Waals surface area contributed by atoms with Crippen molar-refractivity contribution in [3.63, 3.8) is 0 Å². The normalized spacial score (nSPS) is 11.9. The summed E-state index contributed by atoms with van der Waals surface area (Å²) in [5.41, 5.74) is 0. The summed E-state index contributed by atoms with van der Waals surface area (Å²) in [4.78, 5) is 13.6. The van der Waals surface area contributed by atoms with Crippen molar-refractivity contribution in [1.82, 2.24) is 4.90 Å². The summed E-state index contributed by atoms with van der Waals surface area (Å²) in [5, 5.41) is 8.71. The summed E-state index contributed by atoms with van der Waals surface area (Å²) in [6, 6.07) is 2.01. The first-order valence-corrected chi connectivity index (χ1v) is 5.85. The lowest BCUT2D eigenvalue weighted by Gasteiger charge is -2.23. The van der Waals surface area contributed by atoms with Gasteiger partial charge in [-0.25, -0.2) is 0 Å². The van der Waals surface area contributed by atoms with Crippen LogP contribution >= 0.6 is 0 Å². The Balaban J connectivity index is 4.21. The molecule has 0 aromatic rings. The zero-order chi connectivity index (χ0) is 11.7. The van der Waals surface area contributed by atoms with Gasteiger partial charge in [-0.3, -0.25) is 4.79 Å². The van der Waals surface area contributed by atoms with Gasteiger partial charge in [0, 0.05) is 13.1 Å². The van der Waals surface area contributed by atoms with Crippen molar-refractivity contribution < 1.29 is 4.79 Å². The molecule has 1 atom stereocenters. The smallest absolute Gasteiger partial charge is 0.239 e. The number of rotatable bonds is 7. The maximum atomic E-state index is 11.8. The lowest BCUT2D eigenvalue weighted by molar-refractivity contribution is -0.133. The maximum Gasteiger partial charge on any atom is 0.239 e. The van der Waals surface area contributed by atoms with Crippen molar-refractivity contribution >= 4 is 5.91 Å². The van der Waals surface area contributed by atoms with Gasteiger partial charge in [0.2, 0.25) is 5.91 Å². The molecule has 86 valence electrons. The summed E-state index contributed by atoms with van der Waals surface area (Å²) in [6.07, 6.45) is 4.20. The average molecular weight is 210 g/mol. The van der Waals surface area contributed by atoms with Gasteiger partial charge in [-0.2, -0.15) is 5.26 Å². The first-order valence-electron chi connectivity index (χ1n) is 5.85. The molecule has 0 bridgehead atoms. The van der Waals surface area contributed by atoms with E-state index in [-0.39, 0.29) is 5.91 Å². The van der Waals surface area contributed by atoms with E-state index in [9.17, 15) is 4.79 Å². The second kappa shape index (κ2) is 8.28. The molecule has 0 rings (SSSR count). The highest BCUT2D eigenvalue weighted by atomic mass is 16.2. The third kappa shape index (κ3) is 5.41. The zero-order valence-electron chi connectivity index (χ0n) is 10.1. The first-order chi connectivity index (χ1) is 7.17. The lowest BCUT2D eigenvalue weighted by atomic mass is 10.1. The molecule has 0 aliphatic heterocycles. The predicted octanol–water partition coefficient (Wildman–Crippen LogP) is 2.57. The average Bonchev–Trinajstić information content (AvgIpc) is 2.27. The monoisotopic (exact) mass is 210 g/mol. The molecule has 0 radical (unpaired) electrons. The van der Waals surface area contributed by atoms with Crippen molar-refractivity contribution in [3.8, 4) is 6.07 Å². The fourth-order valence-corrected chi connectivity index (χ4v) is 1.36. The summed E-state index contributed by atoms with van der Waals surface area (Å²) < 4.78 is 0. The number of nitriles is 1. The SMILES string of the molecule is CCCCN(CCCC)C(=O)C(C)C#N. The molecule has 0 aliphatic carbocycles. The van der Waals surface area contributed by atoms with Crippen LogP contribution < -0.4 is 0 Å². The van der Waals surface area contributed by atoms with E-state index in [1.54, 1.807) is 6.92 Å². The van der Waals surface area contributed by atoms with Crippen molar-refractivity contribution in [3.05, 3.63) is 0 Å². The molecular weight excluding hydrogens is 188 g/mol. The van der Waals surface area contributed by atoms with E-state index < -0.39 is 5.92 Å². The van der Waals surface area contributed by atoms with Crippen LogP contribution in [-0.4, -0.2) is 23.9 Å². The van der Waals surface area contributed by atoms with E-state index in [0.717, 1.165) is 38.8 Å². The van der Waals surface area contributed by atoms with Gasteiger partial charge < -0.3 is 4.90 Å². The number of amides is 1. The molecule has 3 heteroatoms. The maximum absolute atomic E-state index is 11.8. The molecule has 1 unspecified atom stereocenters. The van der Waals surface area contributed by atoms with Gasteiger partial charge in [-0.1, -0.05) is 26.7 Å². The Hall–Kier alpha value is -1.04. The molecule has 0 fully saturated rings. The third-order valence-electron chi connectivity index (χ3n) is 2.44. The van der Waals surface area contributed by atoms with E-state index in [2.05, 4.69) is 13.8 Å². The van der Waals surface area contributed by atoms with E-state index in [4.69, 9.17) is 5.26 Å². The van der Waals surface area contributed by atoms with Crippen LogP contribution in [0.5, 0.6) is 0 Å². The van der Waals surface area contributed by atoms with Crippen LogP contribution in [0.4, 0.5) is 0 Å². The van der Waals surface area contributed by atoms with Gasteiger partial charge in [0.1, 0.15) is 5.92 Å². The number of unbranched alkanes of at least 4 members (excludes halogenated alkanes) is 2. The Morgan fingerprint density at radius 1 is 1.27 bits per heavy atom. The van der Waals surface area contributed by atoms with E-state index >= 15 is 0 Å². The number of carbonyl (C=O) groups excluding carboxylic acids is 1. The Labute approximate surface area is 93.1 Å². The lowest BCUT2D eigenvalue weighted by Crippen LogP contribution is -2.36. The van der Waals surface area contributed by atoms with E-state index in [1.807, 2.05) is 11.0 Å². The standard InChI is InChI=1S/C12H22N2O/c1-4-6-8-14(9-7-5-2)12(15)11(3)10-13/h11H,4-9H2,1-3H3. The van der Waals surface area contributed by atoms with E-state index in [1.165, 1.54) is 0 Å². The Morgan fingerprint density at radius 2 is 1.73 bits per heavy atom. The topological polar surface area (TPSA) is 44.1 Å². The zero-order valence-corrected chi connectivity index (χ0v) is 10.1. The van der Waals surface area contributed by atoms with Crippen molar-refractivity contribution in [2.45, 2.75) is 46.5 Å². The third-order valence-corrected chi connectivity index (χ3v) is 2.44. The summed E-state index contributed by atoms with van der Waals surface area (Å²) in [6.45, 7) is 7.47. The van der Waals surface area contributed by atoms with Gasteiger partial charge in [-0.05, 0) is 19.8 Å². The van der Waals surface area contributed by atoms with Gasteiger partial charge >= 0.3 is 0 Å². The highest BCUT2D eigenvalue weighted by molar-refractivity contribution is 5.80. The molecule has 0 aromatic carbocycles. The quantitative estimate of drug-likeness (QED) is 0.648. The fourth-order valence-electron chi connectivity index (χ4n) is 1.36. The Morgan fingerprint density at radius 3 is 2.07 bits per heavy atom. The molecule has 0 spiro atoms. The molecule has 15 heavy (non-hydrogen) atoms. The summed E-state index contributed by atoms with van der Waals surface area (Å²) in [7, 11) is 0. The van der Waals surface area contributed by atoms with E-state index in [0.29, 0.717) is 0 Å². The van der Waals surface area contributed by atoms with Crippen molar-refractivity contribution in [2.75, 3.05) is 13.1 Å². The largest absolute Gasteiger partial charge is 0.342 e. The van der Waals surface area contributed by atoms with Gasteiger partial charge in [0.05, 0.1) is 6.07 Å². The number of carbonyl (C=O) groups is 1. The molecule has 0 aliphatic rings. The van der Waals surface area contributed by atoms with Crippen LogP contribution in [0.1, 0.15) is 46.5 Å². The number of nitrogens with zero attached hydrogens (tertiary/aromatic N) is 2. The number of hydrogen-bond donors (Lipinski definition) is 0. The summed E-state index contributed by atoms with van der Waals surface area (Å²) >= 11 is 0. The highest BCUT2D eigenvalue weighted by Crippen LogP contribution is 2.05. The molecule has 0 saturated carbocycles. The van der Waals surface area contributed by atoms with Crippen LogP contribution in [-0.2, 0) is 4.79 Å². The molecule has 1 amide bonds. The molecular formula is C12H22N2O. The molecule has 3 nitrogen and oxygen atoms in total. The van der Waals surface area contributed by atoms with Crippen LogP contribution in [0, 0.1) is 17.2 Å². The first kappa shape index (κ1) is 14.0. The minimum Gasteiger partial charge on any atom is -0.342 e. The van der Waals surface area contributed by atoms with Gasteiger partial charge in [-0.15, -0.1) is 0 Å². The van der Waals surface area contributed by atoms with Crippen molar-refractivity contribution in [2.24, 2.45) is 5.92 Å². The van der Waals surface area contributed by atoms with Gasteiger partial charge in [0.25, 0.3) is 0 Å². The molecule has 0 heterocycles. The summed E-state index contributed by atoms with van der Waals surface area (Å²) in [5.74, 6) is -0.516. The van der Waals surface area contributed by atoms with Gasteiger partial charge in [0.15, 0.2) is 0 Å². The number of hydrogen-bond acceptors (Lipinski definition) is 2. The Bertz CT molecular complexity index is 212. The second-order valence-electron chi connectivity index (χ2n) is 3.88. The van der Waals surface area contributed by atoms with Crippen molar-refractivity contribution in [1.29, 1.82) is 5.26 Å². The Kier molecular flexibility index (Phi) is 7.71. The second-order valence-corrected chi connectivity index (χ2v) is 3.88. The van der Waals surface area contributed by atoms with Crippen LogP contribution in [0.15, 0.2) is 0 Å².